The second kappa shape index (κ2) is 10.9. The topological polar surface area (TPSA) is 70.6 Å². The minimum atomic E-state index is -3.57. The van der Waals surface area contributed by atoms with Gasteiger partial charge in [-0.2, -0.15) is 4.31 Å². The van der Waals surface area contributed by atoms with Crippen molar-refractivity contribution in [2.75, 3.05) is 26.2 Å². The van der Waals surface area contributed by atoms with Crippen LogP contribution in [0.1, 0.15) is 15.9 Å². The summed E-state index contributed by atoms with van der Waals surface area (Å²) in [4.78, 5) is 18.9. The molecule has 1 aromatic heterocycles. The number of rotatable bonds is 5. The fourth-order valence-corrected chi connectivity index (χ4v) is 4.77. The maximum atomic E-state index is 12.9. The lowest BCUT2D eigenvalue weighted by molar-refractivity contribution is 0.0698. The van der Waals surface area contributed by atoms with Crippen LogP contribution in [0.25, 0.3) is 17.3 Å². The summed E-state index contributed by atoms with van der Waals surface area (Å²) in [6.45, 7) is 1.19. The standard InChI is InChI=1S/C24H22ClN3O3S.ClH/c25-22-10-4-19(5-11-22)12-18-32(30,31)28-16-14-27(15-17-28)24(29)21-8-6-20(7-9-21)23-3-1-2-13-26-23;/h1-13,18H,14-17H2;1H. The van der Waals surface area contributed by atoms with Crippen molar-refractivity contribution in [2.24, 2.45) is 0 Å². The van der Waals surface area contributed by atoms with Gasteiger partial charge in [0.2, 0.25) is 10.0 Å². The Morgan fingerprint density at radius 2 is 1.58 bits per heavy atom. The van der Waals surface area contributed by atoms with Gasteiger partial charge in [-0.15, -0.1) is 12.4 Å². The van der Waals surface area contributed by atoms with Crippen LogP contribution in [0.2, 0.25) is 5.02 Å². The SMILES string of the molecule is Cl.O=C(c1ccc(-c2ccccn2)cc1)N1CCN(S(=O)(=O)C=Cc2ccc(Cl)cc2)CC1. The molecule has 0 N–H and O–H groups in total. The molecule has 0 unspecified atom stereocenters. The molecular weight excluding hydrogens is 481 g/mol. The summed E-state index contributed by atoms with van der Waals surface area (Å²) in [5.41, 5.74) is 3.10. The molecule has 0 saturated carbocycles. The van der Waals surface area contributed by atoms with Crippen LogP contribution in [-0.4, -0.2) is 54.7 Å². The molecule has 0 spiro atoms. The van der Waals surface area contributed by atoms with Gasteiger partial charge in [0, 0.05) is 53.9 Å². The van der Waals surface area contributed by atoms with Gasteiger partial charge >= 0.3 is 0 Å². The van der Waals surface area contributed by atoms with E-state index in [4.69, 9.17) is 11.6 Å². The number of hydrogen-bond acceptors (Lipinski definition) is 4. The molecule has 2 aromatic carbocycles. The molecule has 33 heavy (non-hydrogen) atoms. The van der Waals surface area contributed by atoms with Crippen LogP contribution < -0.4 is 0 Å². The molecular formula is C24H23Cl2N3O3S. The second-order valence-electron chi connectivity index (χ2n) is 7.38. The van der Waals surface area contributed by atoms with E-state index >= 15 is 0 Å². The quantitative estimate of drug-likeness (QED) is 0.510. The van der Waals surface area contributed by atoms with Crippen molar-refractivity contribution >= 4 is 46.0 Å². The molecule has 3 aromatic rings. The normalized spacial score (nSPS) is 14.8. The van der Waals surface area contributed by atoms with Crippen LogP contribution >= 0.6 is 24.0 Å². The average molecular weight is 504 g/mol. The van der Waals surface area contributed by atoms with E-state index in [1.54, 1.807) is 53.6 Å². The minimum absolute atomic E-state index is 0. The summed E-state index contributed by atoms with van der Waals surface area (Å²) >= 11 is 5.86. The van der Waals surface area contributed by atoms with Gasteiger partial charge in [0.05, 0.1) is 5.69 Å². The highest BCUT2D eigenvalue weighted by molar-refractivity contribution is 7.92. The molecule has 1 saturated heterocycles. The smallest absolute Gasteiger partial charge is 0.253 e. The number of sulfonamides is 1. The molecule has 172 valence electrons. The summed E-state index contributed by atoms with van der Waals surface area (Å²) in [6, 6.07) is 19.9. The van der Waals surface area contributed by atoms with E-state index in [0.717, 1.165) is 16.8 Å². The number of nitrogens with zero attached hydrogens (tertiary/aromatic N) is 3. The fourth-order valence-electron chi connectivity index (χ4n) is 3.47. The lowest BCUT2D eigenvalue weighted by Gasteiger charge is -2.33. The molecule has 0 bridgehead atoms. The first-order valence-electron chi connectivity index (χ1n) is 10.2. The summed E-state index contributed by atoms with van der Waals surface area (Å²) in [5, 5.41) is 1.79. The Balaban J connectivity index is 0.00000306. The average Bonchev–Trinajstić information content (AvgIpc) is 2.84. The van der Waals surface area contributed by atoms with Crippen molar-refractivity contribution in [1.82, 2.24) is 14.2 Å². The number of carbonyl (C=O) groups is 1. The minimum Gasteiger partial charge on any atom is -0.336 e. The van der Waals surface area contributed by atoms with E-state index in [1.165, 1.54) is 9.71 Å². The second-order valence-corrected chi connectivity index (χ2v) is 9.64. The van der Waals surface area contributed by atoms with E-state index < -0.39 is 10.0 Å². The Bertz CT molecular complexity index is 1210. The highest BCUT2D eigenvalue weighted by Crippen LogP contribution is 2.19. The zero-order valence-electron chi connectivity index (χ0n) is 17.7. The van der Waals surface area contributed by atoms with E-state index in [2.05, 4.69) is 4.98 Å². The van der Waals surface area contributed by atoms with Gasteiger partial charge in [0.1, 0.15) is 0 Å². The van der Waals surface area contributed by atoms with Crippen molar-refractivity contribution in [1.29, 1.82) is 0 Å². The zero-order chi connectivity index (χ0) is 22.6. The number of piperazine rings is 1. The third kappa shape index (κ3) is 6.21. The first kappa shape index (κ1) is 24.9. The Morgan fingerprint density at radius 1 is 0.909 bits per heavy atom. The van der Waals surface area contributed by atoms with Crippen molar-refractivity contribution < 1.29 is 13.2 Å². The molecule has 1 aliphatic heterocycles. The number of aromatic nitrogens is 1. The molecule has 4 rings (SSSR count). The highest BCUT2D eigenvalue weighted by atomic mass is 35.5. The first-order valence-corrected chi connectivity index (χ1v) is 12.0. The van der Waals surface area contributed by atoms with Crippen LogP contribution in [-0.2, 0) is 10.0 Å². The molecule has 0 radical (unpaired) electrons. The van der Waals surface area contributed by atoms with Gasteiger partial charge in [-0.05, 0) is 48.0 Å². The summed E-state index contributed by atoms with van der Waals surface area (Å²) in [7, 11) is -3.57. The molecule has 6 nitrogen and oxygen atoms in total. The lowest BCUT2D eigenvalue weighted by atomic mass is 10.1. The Morgan fingerprint density at radius 3 is 2.18 bits per heavy atom. The molecule has 1 fully saturated rings. The monoisotopic (exact) mass is 503 g/mol. The number of amides is 1. The van der Waals surface area contributed by atoms with E-state index in [-0.39, 0.29) is 31.4 Å². The van der Waals surface area contributed by atoms with Crippen molar-refractivity contribution in [2.45, 2.75) is 0 Å². The largest absolute Gasteiger partial charge is 0.336 e. The van der Waals surface area contributed by atoms with Gasteiger partial charge < -0.3 is 4.90 Å². The molecule has 1 aliphatic rings. The molecule has 9 heteroatoms. The van der Waals surface area contributed by atoms with Gasteiger partial charge in [0.15, 0.2) is 0 Å². The van der Waals surface area contributed by atoms with Crippen molar-refractivity contribution in [3.8, 4) is 11.3 Å². The molecule has 0 atom stereocenters. The Kier molecular flexibility index (Phi) is 8.26. The first-order chi connectivity index (χ1) is 15.4. The molecule has 1 amide bonds. The number of hydrogen-bond donors (Lipinski definition) is 0. The third-order valence-electron chi connectivity index (χ3n) is 5.28. The van der Waals surface area contributed by atoms with Crippen molar-refractivity contribution in [3.63, 3.8) is 0 Å². The van der Waals surface area contributed by atoms with E-state index in [1.807, 2.05) is 30.3 Å². The third-order valence-corrected chi connectivity index (χ3v) is 7.10. The number of carbonyl (C=O) groups excluding carboxylic acids is 1. The Labute approximate surface area is 205 Å². The number of pyridine rings is 1. The molecule has 2 heterocycles. The fraction of sp³-hybridized carbons (Fsp3) is 0.167. The summed E-state index contributed by atoms with van der Waals surface area (Å²) in [5.74, 6) is -0.105. The van der Waals surface area contributed by atoms with Gasteiger partial charge in [-0.25, -0.2) is 8.42 Å². The summed E-state index contributed by atoms with van der Waals surface area (Å²) in [6.07, 6.45) is 3.28. The van der Waals surface area contributed by atoms with E-state index in [9.17, 15) is 13.2 Å². The van der Waals surface area contributed by atoms with Gasteiger partial charge in [0.25, 0.3) is 5.91 Å². The maximum Gasteiger partial charge on any atom is 0.253 e. The van der Waals surface area contributed by atoms with Crippen LogP contribution in [0.3, 0.4) is 0 Å². The van der Waals surface area contributed by atoms with Gasteiger partial charge in [-0.1, -0.05) is 41.9 Å². The van der Waals surface area contributed by atoms with E-state index in [0.29, 0.717) is 23.7 Å². The van der Waals surface area contributed by atoms with Crippen LogP contribution in [0.5, 0.6) is 0 Å². The van der Waals surface area contributed by atoms with Crippen LogP contribution in [0.15, 0.2) is 78.3 Å². The maximum absolute atomic E-state index is 12.9. The highest BCUT2D eigenvalue weighted by Gasteiger charge is 2.27. The number of halogens is 2. The predicted molar refractivity (Wildman–Crippen MR) is 134 cm³/mol. The zero-order valence-corrected chi connectivity index (χ0v) is 20.1. The lowest BCUT2D eigenvalue weighted by Crippen LogP contribution is -2.50. The van der Waals surface area contributed by atoms with Crippen LogP contribution in [0.4, 0.5) is 0 Å². The Hall–Kier alpha value is -2.71. The molecule has 0 aliphatic carbocycles. The van der Waals surface area contributed by atoms with Gasteiger partial charge in [-0.3, -0.25) is 9.78 Å². The predicted octanol–water partition coefficient (Wildman–Crippen LogP) is 4.58. The summed E-state index contributed by atoms with van der Waals surface area (Å²) < 4.78 is 26.7. The van der Waals surface area contributed by atoms with Crippen LogP contribution in [0, 0.1) is 0 Å². The number of benzene rings is 2. The van der Waals surface area contributed by atoms with Crippen molar-refractivity contribution in [3.05, 3.63) is 94.5 Å².